The highest BCUT2D eigenvalue weighted by atomic mass is 32.2. The molecule has 0 unspecified atom stereocenters. The van der Waals surface area contributed by atoms with Crippen LogP contribution in [0.2, 0.25) is 0 Å². The van der Waals surface area contributed by atoms with E-state index in [0.717, 1.165) is 25.7 Å². The second kappa shape index (κ2) is 8.32. The number of likely N-dealkylation sites (tertiary alicyclic amines) is 1. The van der Waals surface area contributed by atoms with E-state index in [1.165, 1.54) is 12.1 Å². The molecule has 0 atom stereocenters. The SMILES string of the molecule is O=C(c1ccccc1NS(=O)(=O)c1ccc2c(c1)OCCCO2)N1CCCCC1. The second-order valence-electron chi connectivity index (χ2n) is 7.16. The number of para-hydroxylation sites is 1. The van der Waals surface area contributed by atoms with Crippen LogP contribution in [0.25, 0.3) is 0 Å². The number of hydrogen-bond acceptors (Lipinski definition) is 5. The van der Waals surface area contributed by atoms with Crippen molar-refractivity contribution in [2.75, 3.05) is 31.0 Å². The van der Waals surface area contributed by atoms with Crippen molar-refractivity contribution in [3.8, 4) is 11.5 Å². The zero-order valence-corrected chi connectivity index (χ0v) is 16.9. The minimum absolute atomic E-state index is 0.0574. The first-order valence-corrected chi connectivity index (χ1v) is 11.3. The normalized spacial score (nSPS) is 16.8. The van der Waals surface area contributed by atoms with Gasteiger partial charge in [0.05, 0.1) is 29.4 Å². The summed E-state index contributed by atoms with van der Waals surface area (Å²) in [6, 6.07) is 11.2. The molecular weight excluding hydrogens is 392 g/mol. The van der Waals surface area contributed by atoms with Crippen molar-refractivity contribution in [3.63, 3.8) is 0 Å². The van der Waals surface area contributed by atoms with E-state index < -0.39 is 10.0 Å². The molecule has 7 nitrogen and oxygen atoms in total. The third-order valence-corrected chi connectivity index (χ3v) is 6.44. The summed E-state index contributed by atoms with van der Waals surface area (Å²) in [5, 5.41) is 0. The number of nitrogens with zero attached hydrogens (tertiary/aromatic N) is 1. The summed E-state index contributed by atoms with van der Waals surface area (Å²) in [6.07, 6.45) is 3.79. The van der Waals surface area contributed by atoms with E-state index in [1.807, 2.05) is 0 Å². The number of fused-ring (bicyclic) bond motifs is 1. The summed E-state index contributed by atoms with van der Waals surface area (Å²) in [5.74, 6) is 0.784. The van der Waals surface area contributed by atoms with Gasteiger partial charge >= 0.3 is 0 Å². The fraction of sp³-hybridized carbons (Fsp3) is 0.381. The van der Waals surface area contributed by atoms with Gasteiger partial charge in [-0.05, 0) is 43.5 Å². The number of nitrogens with one attached hydrogen (secondary N) is 1. The summed E-state index contributed by atoms with van der Waals surface area (Å²) in [5.41, 5.74) is 0.627. The standard InChI is InChI=1S/C21H24N2O5S/c24-21(23-11-4-1-5-12-23)17-7-2-3-8-18(17)22-29(25,26)16-9-10-19-20(15-16)28-14-6-13-27-19/h2-3,7-10,15,22H,1,4-6,11-14H2. The third-order valence-electron chi connectivity index (χ3n) is 5.07. The molecule has 2 aromatic carbocycles. The van der Waals surface area contributed by atoms with Crippen LogP contribution >= 0.6 is 0 Å². The predicted molar refractivity (Wildman–Crippen MR) is 109 cm³/mol. The molecule has 2 aromatic rings. The molecule has 1 amide bonds. The molecule has 8 heteroatoms. The quantitative estimate of drug-likeness (QED) is 0.827. The molecule has 29 heavy (non-hydrogen) atoms. The Morgan fingerprint density at radius 2 is 1.62 bits per heavy atom. The smallest absolute Gasteiger partial charge is 0.262 e. The van der Waals surface area contributed by atoms with E-state index in [-0.39, 0.29) is 16.5 Å². The Morgan fingerprint density at radius 1 is 0.897 bits per heavy atom. The molecule has 0 spiro atoms. The number of benzene rings is 2. The van der Waals surface area contributed by atoms with Crippen LogP contribution < -0.4 is 14.2 Å². The van der Waals surface area contributed by atoms with Crippen molar-refractivity contribution in [2.24, 2.45) is 0 Å². The summed E-state index contributed by atoms with van der Waals surface area (Å²) in [7, 11) is -3.90. The first kappa shape index (κ1) is 19.6. The highest BCUT2D eigenvalue weighted by Gasteiger charge is 2.24. The molecular formula is C21H24N2O5S. The highest BCUT2D eigenvalue weighted by molar-refractivity contribution is 7.92. The fourth-order valence-corrected chi connectivity index (χ4v) is 4.64. The molecule has 1 saturated heterocycles. The molecule has 4 rings (SSSR count). The maximum Gasteiger partial charge on any atom is 0.262 e. The molecule has 2 heterocycles. The van der Waals surface area contributed by atoms with E-state index in [0.29, 0.717) is 43.4 Å². The number of ether oxygens (including phenoxy) is 2. The van der Waals surface area contributed by atoms with E-state index in [4.69, 9.17) is 9.47 Å². The van der Waals surface area contributed by atoms with Gasteiger partial charge in [-0.25, -0.2) is 8.42 Å². The number of hydrogen-bond donors (Lipinski definition) is 1. The van der Waals surface area contributed by atoms with Crippen molar-refractivity contribution in [1.82, 2.24) is 4.90 Å². The molecule has 2 aliphatic heterocycles. The number of piperidine rings is 1. The van der Waals surface area contributed by atoms with Gasteiger partial charge in [0.15, 0.2) is 11.5 Å². The van der Waals surface area contributed by atoms with Crippen LogP contribution in [0.5, 0.6) is 11.5 Å². The monoisotopic (exact) mass is 416 g/mol. The highest BCUT2D eigenvalue weighted by Crippen LogP contribution is 2.33. The third kappa shape index (κ3) is 4.32. The lowest BCUT2D eigenvalue weighted by Crippen LogP contribution is -2.36. The summed E-state index contributed by atoms with van der Waals surface area (Å²) >= 11 is 0. The zero-order valence-electron chi connectivity index (χ0n) is 16.1. The van der Waals surface area contributed by atoms with Crippen LogP contribution in [0.1, 0.15) is 36.0 Å². The minimum atomic E-state index is -3.90. The van der Waals surface area contributed by atoms with E-state index in [2.05, 4.69) is 4.72 Å². The number of rotatable bonds is 4. The van der Waals surface area contributed by atoms with Crippen LogP contribution in [0, 0.1) is 0 Å². The van der Waals surface area contributed by atoms with Crippen LogP contribution in [0.4, 0.5) is 5.69 Å². The largest absolute Gasteiger partial charge is 0.490 e. The molecule has 2 aliphatic rings. The Labute approximate surface area is 170 Å². The number of amides is 1. The maximum absolute atomic E-state index is 13.0. The van der Waals surface area contributed by atoms with Gasteiger partial charge in [-0.2, -0.15) is 0 Å². The van der Waals surface area contributed by atoms with Gasteiger partial charge in [-0.1, -0.05) is 12.1 Å². The first-order chi connectivity index (χ1) is 14.0. The van der Waals surface area contributed by atoms with Crippen molar-refractivity contribution >= 4 is 21.6 Å². The molecule has 0 saturated carbocycles. The van der Waals surface area contributed by atoms with E-state index in [1.54, 1.807) is 35.2 Å². The maximum atomic E-state index is 13.0. The lowest BCUT2D eigenvalue weighted by atomic mass is 10.1. The summed E-state index contributed by atoms with van der Waals surface area (Å²) in [6.45, 7) is 2.39. The Hall–Kier alpha value is -2.74. The number of carbonyl (C=O) groups excluding carboxylic acids is 1. The Morgan fingerprint density at radius 3 is 2.41 bits per heavy atom. The topological polar surface area (TPSA) is 84.9 Å². The molecule has 0 aliphatic carbocycles. The summed E-state index contributed by atoms with van der Waals surface area (Å²) in [4.78, 5) is 14.8. The molecule has 154 valence electrons. The Bertz CT molecular complexity index is 1000. The van der Waals surface area contributed by atoms with Crippen LogP contribution in [0.3, 0.4) is 0 Å². The number of sulfonamides is 1. The van der Waals surface area contributed by atoms with Gasteiger partial charge in [0, 0.05) is 25.6 Å². The van der Waals surface area contributed by atoms with Crippen molar-refractivity contribution in [2.45, 2.75) is 30.6 Å². The van der Waals surface area contributed by atoms with Crippen LogP contribution in [-0.4, -0.2) is 45.5 Å². The molecule has 0 aromatic heterocycles. The number of carbonyl (C=O) groups is 1. The van der Waals surface area contributed by atoms with Gasteiger partial charge in [-0.15, -0.1) is 0 Å². The first-order valence-electron chi connectivity index (χ1n) is 9.85. The average molecular weight is 416 g/mol. The zero-order chi connectivity index (χ0) is 20.3. The lowest BCUT2D eigenvalue weighted by molar-refractivity contribution is 0.0725. The lowest BCUT2D eigenvalue weighted by Gasteiger charge is -2.27. The Kier molecular flexibility index (Phi) is 5.62. The molecule has 1 N–H and O–H groups in total. The van der Waals surface area contributed by atoms with Gasteiger partial charge < -0.3 is 14.4 Å². The molecule has 0 radical (unpaired) electrons. The van der Waals surface area contributed by atoms with Gasteiger partial charge in [0.2, 0.25) is 0 Å². The second-order valence-corrected chi connectivity index (χ2v) is 8.85. The van der Waals surface area contributed by atoms with Crippen molar-refractivity contribution in [1.29, 1.82) is 0 Å². The van der Waals surface area contributed by atoms with Gasteiger partial charge in [0.25, 0.3) is 15.9 Å². The van der Waals surface area contributed by atoms with Crippen molar-refractivity contribution in [3.05, 3.63) is 48.0 Å². The molecule has 1 fully saturated rings. The fourth-order valence-electron chi connectivity index (χ4n) is 3.54. The van der Waals surface area contributed by atoms with Crippen LogP contribution in [0.15, 0.2) is 47.4 Å². The van der Waals surface area contributed by atoms with E-state index >= 15 is 0 Å². The predicted octanol–water partition coefficient (Wildman–Crippen LogP) is 3.27. The van der Waals surface area contributed by atoms with Gasteiger partial charge in [0.1, 0.15) is 0 Å². The van der Waals surface area contributed by atoms with Gasteiger partial charge in [-0.3, -0.25) is 9.52 Å². The average Bonchev–Trinajstić information content (AvgIpc) is 2.99. The van der Waals surface area contributed by atoms with Crippen molar-refractivity contribution < 1.29 is 22.7 Å². The summed E-state index contributed by atoms with van der Waals surface area (Å²) < 4.78 is 39.7. The molecule has 0 bridgehead atoms. The minimum Gasteiger partial charge on any atom is -0.490 e. The number of anilines is 1. The van der Waals surface area contributed by atoms with Crippen LogP contribution in [-0.2, 0) is 10.0 Å². The van der Waals surface area contributed by atoms with E-state index in [9.17, 15) is 13.2 Å². The Balaban J connectivity index is 1.60.